The molecule has 2 aromatic rings. The average Bonchev–Trinajstić information content (AvgIpc) is 2.56. The van der Waals surface area contributed by atoms with Gasteiger partial charge in [-0.05, 0) is 12.1 Å². The first-order valence-corrected chi connectivity index (χ1v) is 3.55. The lowest BCUT2D eigenvalue weighted by Crippen LogP contribution is -2.23. The largest absolute Gasteiger partial charge is 0.619 e. The van der Waals surface area contributed by atoms with Crippen molar-refractivity contribution in [1.82, 2.24) is 10.2 Å². The third kappa shape index (κ3) is 1.14. The SMILES string of the molecule is [O-][n+]1cccc(-c2ccn[nH]2)c1. The molecule has 0 saturated carbocycles. The van der Waals surface area contributed by atoms with Crippen LogP contribution in [0.3, 0.4) is 0 Å². The van der Waals surface area contributed by atoms with Crippen LogP contribution in [-0.4, -0.2) is 10.2 Å². The molecule has 0 amide bonds. The van der Waals surface area contributed by atoms with Crippen molar-refractivity contribution in [3.8, 4) is 11.3 Å². The Morgan fingerprint density at radius 1 is 1.42 bits per heavy atom. The van der Waals surface area contributed by atoms with Gasteiger partial charge in [-0.25, -0.2) is 0 Å². The second-order valence-electron chi connectivity index (χ2n) is 2.42. The summed E-state index contributed by atoms with van der Waals surface area (Å²) in [5.74, 6) is 0. The number of hydrogen-bond acceptors (Lipinski definition) is 2. The minimum absolute atomic E-state index is 0.760. The summed E-state index contributed by atoms with van der Waals surface area (Å²) in [5, 5.41) is 17.4. The van der Waals surface area contributed by atoms with E-state index in [-0.39, 0.29) is 0 Å². The molecule has 4 heteroatoms. The molecule has 0 radical (unpaired) electrons. The molecule has 1 N–H and O–H groups in total. The van der Waals surface area contributed by atoms with Gasteiger partial charge >= 0.3 is 0 Å². The van der Waals surface area contributed by atoms with E-state index in [0.717, 1.165) is 16.0 Å². The summed E-state index contributed by atoms with van der Waals surface area (Å²) in [6.07, 6.45) is 4.59. The third-order valence-corrected chi connectivity index (χ3v) is 1.59. The Labute approximate surface area is 69.1 Å². The summed E-state index contributed by atoms with van der Waals surface area (Å²) in [6.45, 7) is 0. The summed E-state index contributed by atoms with van der Waals surface area (Å²) >= 11 is 0. The summed E-state index contributed by atoms with van der Waals surface area (Å²) in [4.78, 5) is 0. The van der Waals surface area contributed by atoms with Crippen LogP contribution in [0.5, 0.6) is 0 Å². The topological polar surface area (TPSA) is 55.6 Å². The van der Waals surface area contributed by atoms with E-state index in [1.54, 1.807) is 12.3 Å². The first-order chi connectivity index (χ1) is 5.86. The fraction of sp³-hybridized carbons (Fsp3) is 0. The van der Waals surface area contributed by atoms with E-state index in [1.165, 1.54) is 12.4 Å². The minimum Gasteiger partial charge on any atom is -0.619 e. The molecule has 4 nitrogen and oxygen atoms in total. The number of aromatic nitrogens is 3. The number of hydrogen-bond donors (Lipinski definition) is 1. The summed E-state index contributed by atoms with van der Waals surface area (Å²) in [7, 11) is 0. The molecule has 0 fully saturated rings. The van der Waals surface area contributed by atoms with E-state index >= 15 is 0 Å². The molecule has 0 saturated heterocycles. The van der Waals surface area contributed by atoms with E-state index < -0.39 is 0 Å². The zero-order chi connectivity index (χ0) is 8.39. The molecular weight excluding hydrogens is 154 g/mol. The fourth-order valence-electron chi connectivity index (χ4n) is 1.03. The Bertz CT molecular complexity index is 370. The molecule has 0 aliphatic rings. The van der Waals surface area contributed by atoms with Crippen molar-refractivity contribution in [1.29, 1.82) is 0 Å². The van der Waals surface area contributed by atoms with Crippen LogP contribution in [0.4, 0.5) is 0 Å². The van der Waals surface area contributed by atoms with Crippen molar-refractivity contribution in [2.24, 2.45) is 0 Å². The Morgan fingerprint density at radius 2 is 2.33 bits per heavy atom. The molecule has 0 aliphatic heterocycles. The van der Waals surface area contributed by atoms with Crippen molar-refractivity contribution in [3.05, 3.63) is 42.0 Å². The molecule has 0 aromatic carbocycles. The molecule has 2 rings (SSSR count). The van der Waals surface area contributed by atoms with E-state index in [1.807, 2.05) is 12.1 Å². The van der Waals surface area contributed by atoms with Gasteiger partial charge in [-0.2, -0.15) is 9.83 Å². The van der Waals surface area contributed by atoms with Crippen LogP contribution in [0.25, 0.3) is 11.3 Å². The zero-order valence-electron chi connectivity index (χ0n) is 6.27. The number of nitrogens with zero attached hydrogens (tertiary/aromatic N) is 2. The lowest BCUT2D eigenvalue weighted by molar-refractivity contribution is -0.604. The second-order valence-corrected chi connectivity index (χ2v) is 2.42. The van der Waals surface area contributed by atoms with Gasteiger partial charge in [-0.3, -0.25) is 5.10 Å². The van der Waals surface area contributed by atoms with Crippen LogP contribution in [0.15, 0.2) is 36.8 Å². The number of H-pyrrole nitrogens is 1. The normalized spacial score (nSPS) is 10.0. The predicted octanol–water partition coefficient (Wildman–Crippen LogP) is 0.710. The molecule has 2 heterocycles. The minimum atomic E-state index is 0.760. The van der Waals surface area contributed by atoms with Crippen LogP contribution < -0.4 is 4.73 Å². The summed E-state index contributed by atoms with van der Waals surface area (Å²) in [5.41, 5.74) is 1.69. The number of pyridine rings is 1. The maximum absolute atomic E-state index is 10.9. The maximum atomic E-state index is 10.9. The highest BCUT2D eigenvalue weighted by atomic mass is 16.5. The smallest absolute Gasteiger partial charge is 0.189 e. The Balaban J connectivity index is 2.48. The van der Waals surface area contributed by atoms with Gasteiger partial charge in [0, 0.05) is 12.3 Å². The van der Waals surface area contributed by atoms with Gasteiger partial charge in [-0.1, -0.05) is 0 Å². The van der Waals surface area contributed by atoms with E-state index in [4.69, 9.17) is 0 Å². The highest BCUT2D eigenvalue weighted by molar-refractivity contribution is 5.55. The highest BCUT2D eigenvalue weighted by Gasteiger charge is 2.00. The first kappa shape index (κ1) is 6.84. The first-order valence-electron chi connectivity index (χ1n) is 3.55. The molecule has 0 bridgehead atoms. The van der Waals surface area contributed by atoms with Crippen molar-refractivity contribution < 1.29 is 4.73 Å². The molecule has 12 heavy (non-hydrogen) atoms. The second kappa shape index (κ2) is 2.65. The van der Waals surface area contributed by atoms with Crippen LogP contribution in [0.2, 0.25) is 0 Å². The highest BCUT2D eigenvalue weighted by Crippen LogP contribution is 2.11. The monoisotopic (exact) mass is 161 g/mol. The lowest BCUT2D eigenvalue weighted by atomic mass is 10.2. The van der Waals surface area contributed by atoms with Crippen LogP contribution >= 0.6 is 0 Å². The Morgan fingerprint density at radius 3 is 3.00 bits per heavy atom. The average molecular weight is 161 g/mol. The van der Waals surface area contributed by atoms with Crippen molar-refractivity contribution in [3.63, 3.8) is 0 Å². The molecule has 60 valence electrons. The van der Waals surface area contributed by atoms with Crippen molar-refractivity contribution in [2.45, 2.75) is 0 Å². The Hall–Kier alpha value is -1.84. The number of rotatable bonds is 1. The van der Waals surface area contributed by atoms with Crippen molar-refractivity contribution >= 4 is 0 Å². The van der Waals surface area contributed by atoms with Crippen molar-refractivity contribution in [2.75, 3.05) is 0 Å². The van der Waals surface area contributed by atoms with Gasteiger partial charge in [-0.15, -0.1) is 0 Å². The summed E-state index contributed by atoms with van der Waals surface area (Å²) < 4.78 is 0.760. The molecule has 0 spiro atoms. The van der Waals surface area contributed by atoms with E-state index in [2.05, 4.69) is 10.2 Å². The zero-order valence-corrected chi connectivity index (χ0v) is 6.27. The quantitative estimate of drug-likeness (QED) is 0.494. The molecular formula is C8H7N3O. The number of nitrogens with one attached hydrogen (secondary N) is 1. The maximum Gasteiger partial charge on any atom is 0.189 e. The van der Waals surface area contributed by atoms with Gasteiger partial charge < -0.3 is 5.21 Å². The van der Waals surface area contributed by atoms with Gasteiger partial charge in [0.05, 0.1) is 11.3 Å². The van der Waals surface area contributed by atoms with Gasteiger partial charge in [0.25, 0.3) is 0 Å². The number of aromatic amines is 1. The fourth-order valence-corrected chi connectivity index (χ4v) is 1.03. The Kier molecular flexibility index (Phi) is 1.51. The van der Waals surface area contributed by atoms with Crippen LogP contribution in [0.1, 0.15) is 0 Å². The van der Waals surface area contributed by atoms with Crippen LogP contribution in [0, 0.1) is 5.21 Å². The van der Waals surface area contributed by atoms with Gasteiger partial charge in [0.2, 0.25) is 0 Å². The van der Waals surface area contributed by atoms with Crippen LogP contribution in [-0.2, 0) is 0 Å². The van der Waals surface area contributed by atoms with E-state index in [9.17, 15) is 5.21 Å². The van der Waals surface area contributed by atoms with Gasteiger partial charge in [0.1, 0.15) is 0 Å². The molecule has 0 aliphatic carbocycles. The standard InChI is InChI=1S/C8H7N3O/c12-11-5-1-2-7(6-11)8-3-4-9-10-8/h1-6H,(H,9,10). The molecule has 2 aromatic heterocycles. The predicted molar refractivity (Wildman–Crippen MR) is 43.0 cm³/mol. The summed E-state index contributed by atoms with van der Waals surface area (Å²) in [6, 6.07) is 5.36. The third-order valence-electron chi connectivity index (χ3n) is 1.59. The van der Waals surface area contributed by atoms with Gasteiger partial charge in [0.15, 0.2) is 12.4 Å². The van der Waals surface area contributed by atoms with E-state index in [0.29, 0.717) is 0 Å². The lowest BCUT2D eigenvalue weighted by Gasteiger charge is -1.96. The molecule has 0 unspecified atom stereocenters. The molecule has 0 atom stereocenters.